The summed E-state index contributed by atoms with van der Waals surface area (Å²) in [5.74, 6) is 0.946. The number of methoxy groups -OCH3 is 1. The molecule has 1 heterocycles. The van der Waals surface area contributed by atoms with E-state index in [2.05, 4.69) is 53.2 Å². The first-order valence-electron chi connectivity index (χ1n) is 12.3. The van der Waals surface area contributed by atoms with E-state index < -0.39 is 5.97 Å². The lowest BCUT2D eigenvalue weighted by Crippen LogP contribution is -2.23. The van der Waals surface area contributed by atoms with Crippen LogP contribution in [0.3, 0.4) is 0 Å². The molecule has 186 valence electrons. The summed E-state index contributed by atoms with van der Waals surface area (Å²) in [4.78, 5) is 10.7. The van der Waals surface area contributed by atoms with Crippen LogP contribution in [0.1, 0.15) is 25.7 Å². The van der Waals surface area contributed by atoms with Gasteiger partial charge in [0.2, 0.25) is 0 Å². The number of aromatic nitrogens is 2. The molecule has 6 nitrogen and oxygen atoms in total. The van der Waals surface area contributed by atoms with Crippen LogP contribution in [0.2, 0.25) is 0 Å². The SMILES string of the molecule is COCCSc1c(-c2ccccc2)c(-c2ccccc2)nn1CC1CCC(COCC(=O)O)CC1. The van der Waals surface area contributed by atoms with E-state index in [1.807, 2.05) is 23.9 Å². The van der Waals surface area contributed by atoms with Gasteiger partial charge < -0.3 is 14.6 Å². The van der Waals surface area contributed by atoms with E-state index in [0.29, 0.717) is 25.0 Å². The van der Waals surface area contributed by atoms with Crippen molar-refractivity contribution in [3.8, 4) is 22.4 Å². The molecule has 0 unspecified atom stereocenters. The number of carboxylic acids is 1. The molecular formula is C28H34N2O4S. The third-order valence-electron chi connectivity index (χ3n) is 6.52. The molecule has 0 amide bonds. The third kappa shape index (κ3) is 6.97. The highest BCUT2D eigenvalue weighted by Gasteiger charge is 2.26. The fraction of sp³-hybridized carbons (Fsp3) is 0.429. The van der Waals surface area contributed by atoms with Crippen molar-refractivity contribution in [3.05, 3.63) is 60.7 Å². The highest BCUT2D eigenvalue weighted by atomic mass is 32.2. The van der Waals surface area contributed by atoms with Crippen molar-refractivity contribution in [2.24, 2.45) is 11.8 Å². The Kier molecular flexibility index (Phi) is 9.40. The number of hydrogen-bond acceptors (Lipinski definition) is 5. The molecule has 1 aliphatic carbocycles. The Morgan fingerprint density at radius 3 is 2.26 bits per heavy atom. The van der Waals surface area contributed by atoms with E-state index in [0.717, 1.165) is 49.2 Å². The maximum absolute atomic E-state index is 10.7. The smallest absolute Gasteiger partial charge is 0.329 e. The summed E-state index contributed by atoms with van der Waals surface area (Å²) < 4.78 is 12.9. The molecular weight excluding hydrogens is 460 g/mol. The Labute approximate surface area is 211 Å². The molecule has 0 aliphatic heterocycles. The monoisotopic (exact) mass is 494 g/mol. The van der Waals surface area contributed by atoms with Gasteiger partial charge in [0.1, 0.15) is 17.3 Å². The zero-order valence-electron chi connectivity index (χ0n) is 20.3. The second kappa shape index (κ2) is 12.9. The highest BCUT2D eigenvalue weighted by molar-refractivity contribution is 7.99. The first kappa shape index (κ1) is 25.5. The summed E-state index contributed by atoms with van der Waals surface area (Å²) in [6.45, 7) is 1.89. The molecule has 0 saturated heterocycles. The minimum absolute atomic E-state index is 0.209. The van der Waals surface area contributed by atoms with E-state index in [1.54, 1.807) is 7.11 Å². The Balaban J connectivity index is 1.58. The van der Waals surface area contributed by atoms with Gasteiger partial charge in [0.25, 0.3) is 0 Å². The van der Waals surface area contributed by atoms with Crippen LogP contribution in [-0.2, 0) is 20.8 Å². The van der Waals surface area contributed by atoms with Crippen LogP contribution in [0.15, 0.2) is 65.7 Å². The molecule has 35 heavy (non-hydrogen) atoms. The first-order valence-corrected chi connectivity index (χ1v) is 13.3. The van der Waals surface area contributed by atoms with E-state index >= 15 is 0 Å². The fourth-order valence-corrected chi connectivity index (χ4v) is 5.81. The minimum Gasteiger partial charge on any atom is -0.480 e. The van der Waals surface area contributed by atoms with Gasteiger partial charge in [-0.25, -0.2) is 4.79 Å². The molecule has 0 radical (unpaired) electrons. The van der Waals surface area contributed by atoms with Gasteiger partial charge in [-0.2, -0.15) is 5.10 Å². The van der Waals surface area contributed by atoms with Crippen LogP contribution in [-0.4, -0.2) is 53.5 Å². The lowest BCUT2D eigenvalue weighted by Gasteiger charge is -2.28. The maximum atomic E-state index is 10.7. The summed E-state index contributed by atoms with van der Waals surface area (Å²) in [5.41, 5.74) is 4.51. The van der Waals surface area contributed by atoms with Gasteiger partial charge in [-0.1, -0.05) is 60.7 Å². The van der Waals surface area contributed by atoms with Gasteiger partial charge >= 0.3 is 5.97 Å². The quantitative estimate of drug-likeness (QED) is 0.251. The number of nitrogens with zero attached hydrogens (tertiary/aromatic N) is 2. The molecule has 7 heteroatoms. The fourth-order valence-electron chi connectivity index (χ4n) is 4.74. The molecule has 2 aromatic carbocycles. The van der Waals surface area contributed by atoms with Crippen molar-refractivity contribution in [2.75, 3.05) is 32.7 Å². The summed E-state index contributed by atoms with van der Waals surface area (Å²) in [7, 11) is 1.74. The zero-order valence-corrected chi connectivity index (χ0v) is 21.1. The second-order valence-electron chi connectivity index (χ2n) is 9.08. The number of carbonyl (C=O) groups is 1. The number of ether oxygens (including phenoxy) is 2. The summed E-state index contributed by atoms with van der Waals surface area (Å²) in [6.07, 6.45) is 4.33. The Morgan fingerprint density at radius 2 is 1.63 bits per heavy atom. The summed E-state index contributed by atoms with van der Waals surface area (Å²) >= 11 is 1.81. The standard InChI is InChI=1S/C28H34N2O4S/c1-33-16-17-35-28-26(23-8-4-2-5-9-23)27(24-10-6-3-7-11-24)29-30(28)18-21-12-14-22(15-13-21)19-34-20-25(31)32/h2-11,21-22H,12-20H2,1H3,(H,31,32). The first-order chi connectivity index (χ1) is 17.2. The van der Waals surface area contributed by atoms with Gasteiger partial charge in [-0.15, -0.1) is 11.8 Å². The lowest BCUT2D eigenvalue weighted by atomic mass is 9.82. The van der Waals surface area contributed by atoms with Crippen molar-refractivity contribution in [1.29, 1.82) is 0 Å². The summed E-state index contributed by atoms with van der Waals surface area (Å²) in [5, 5.41) is 15.2. The maximum Gasteiger partial charge on any atom is 0.329 e. The molecule has 1 fully saturated rings. The predicted molar refractivity (Wildman–Crippen MR) is 140 cm³/mol. The number of carboxylic acid groups (broad SMARTS) is 1. The Hall–Kier alpha value is -2.61. The van der Waals surface area contributed by atoms with Gasteiger partial charge in [-0.05, 0) is 43.1 Å². The van der Waals surface area contributed by atoms with Crippen molar-refractivity contribution >= 4 is 17.7 Å². The Bertz CT molecular complexity index is 1060. The van der Waals surface area contributed by atoms with E-state index in [4.69, 9.17) is 19.7 Å². The number of benzene rings is 2. The molecule has 1 N–H and O–H groups in total. The normalized spacial score (nSPS) is 18.0. The molecule has 1 saturated carbocycles. The average molecular weight is 495 g/mol. The number of thioether (sulfide) groups is 1. The van der Waals surface area contributed by atoms with Crippen LogP contribution in [0, 0.1) is 11.8 Å². The van der Waals surface area contributed by atoms with Crippen LogP contribution >= 0.6 is 11.8 Å². The second-order valence-corrected chi connectivity index (χ2v) is 10.2. The number of aliphatic carboxylic acids is 1. The summed E-state index contributed by atoms with van der Waals surface area (Å²) in [6, 6.07) is 21.0. The largest absolute Gasteiger partial charge is 0.480 e. The van der Waals surface area contributed by atoms with Crippen molar-refractivity contribution in [1.82, 2.24) is 9.78 Å². The molecule has 4 rings (SSSR count). The molecule has 0 spiro atoms. The highest BCUT2D eigenvalue weighted by Crippen LogP contribution is 2.41. The van der Waals surface area contributed by atoms with Crippen molar-refractivity contribution < 1.29 is 19.4 Å². The van der Waals surface area contributed by atoms with Gasteiger partial charge in [0.15, 0.2) is 0 Å². The molecule has 3 aromatic rings. The van der Waals surface area contributed by atoms with E-state index in [-0.39, 0.29) is 6.61 Å². The van der Waals surface area contributed by atoms with Gasteiger partial charge in [0, 0.05) is 30.5 Å². The van der Waals surface area contributed by atoms with E-state index in [9.17, 15) is 4.79 Å². The Morgan fingerprint density at radius 1 is 1.00 bits per heavy atom. The van der Waals surface area contributed by atoms with Crippen LogP contribution in [0.4, 0.5) is 0 Å². The van der Waals surface area contributed by atoms with Crippen molar-refractivity contribution in [2.45, 2.75) is 37.3 Å². The molecule has 1 aromatic heterocycles. The molecule has 0 atom stereocenters. The number of hydrogen-bond donors (Lipinski definition) is 1. The van der Waals surface area contributed by atoms with Crippen LogP contribution < -0.4 is 0 Å². The van der Waals surface area contributed by atoms with Crippen molar-refractivity contribution in [3.63, 3.8) is 0 Å². The molecule has 0 bridgehead atoms. The average Bonchev–Trinajstić information content (AvgIpc) is 3.24. The van der Waals surface area contributed by atoms with Crippen LogP contribution in [0.5, 0.6) is 0 Å². The van der Waals surface area contributed by atoms with Gasteiger partial charge in [-0.3, -0.25) is 4.68 Å². The van der Waals surface area contributed by atoms with E-state index in [1.165, 1.54) is 16.2 Å². The topological polar surface area (TPSA) is 73.6 Å². The number of rotatable bonds is 12. The van der Waals surface area contributed by atoms with Crippen LogP contribution in [0.25, 0.3) is 22.4 Å². The lowest BCUT2D eigenvalue weighted by molar-refractivity contribution is -0.142. The zero-order chi connectivity index (χ0) is 24.5. The minimum atomic E-state index is -0.903. The third-order valence-corrected chi connectivity index (χ3v) is 7.58. The van der Waals surface area contributed by atoms with Gasteiger partial charge in [0.05, 0.1) is 13.2 Å². The predicted octanol–water partition coefficient (Wildman–Crippen LogP) is 5.86. The molecule has 1 aliphatic rings.